The van der Waals surface area contributed by atoms with Crippen molar-refractivity contribution in [1.82, 2.24) is 19.4 Å². The smallest absolute Gasteiger partial charge is 0.255 e. The highest BCUT2D eigenvalue weighted by Gasteiger charge is 2.59. The molecular weight excluding hydrogens is 437 g/mol. The van der Waals surface area contributed by atoms with Gasteiger partial charge in [0, 0.05) is 62.9 Å². The highest BCUT2D eigenvalue weighted by molar-refractivity contribution is 5.79. The Kier molecular flexibility index (Phi) is 5.55. The molecule has 3 atom stereocenters. The summed E-state index contributed by atoms with van der Waals surface area (Å²) in [6, 6.07) is 10.6. The van der Waals surface area contributed by atoms with Crippen LogP contribution in [0, 0.1) is 17.7 Å². The lowest BCUT2D eigenvalue weighted by molar-refractivity contribution is -0.130. The van der Waals surface area contributed by atoms with Crippen LogP contribution in [0.5, 0.6) is 5.75 Å². The summed E-state index contributed by atoms with van der Waals surface area (Å²) in [4.78, 5) is 37.7. The van der Waals surface area contributed by atoms with Crippen LogP contribution in [-0.2, 0) is 18.3 Å². The summed E-state index contributed by atoms with van der Waals surface area (Å²) in [5, 5.41) is 0. The van der Waals surface area contributed by atoms with Gasteiger partial charge in [0.1, 0.15) is 5.75 Å². The molecule has 5 rings (SSSR count). The number of hydrogen-bond acceptors (Lipinski definition) is 6. The summed E-state index contributed by atoms with van der Waals surface area (Å²) in [6.45, 7) is 1.36. The molecule has 8 nitrogen and oxygen atoms in total. The Balaban J connectivity index is 1.27. The second-order valence-corrected chi connectivity index (χ2v) is 8.95. The molecule has 0 spiro atoms. The first kappa shape index (κ1) is 22.1. The van der Waals surface area contributed by atoms with E-state index in [1.807, 2.05) is 41.1 Å². The number of ether oxygens (including phenoxy) is 1. The molecule has 2 aliphatic rings. The first-order chi connectivity index (χ1) is 16.4. The summed E-state index contributed by atoms with van der Waals surface area (Å²) in [7, 11) is 5.18. The van der Waals surface area contributed by atoms with Crippen LogP contribution in [0.2, 0.25) is 0 Å². The van der Waals surface area contributed by atoms with Gasteiger partial charge in [0.2, 0.25) is 11.9 Å². The minimum atomic E-state index is -0.522. The van der Waals surface area contributed by atoms with Crippen molar-refractivity contribution in [2.45, 2.75) is 12.5 Å². The van der Waals surface area contributed by atoms with Crippen molar-refractivity contribution in [1.29, 1.82) is 0 Å². The third-order valence-electron chi connectivity index (χ3n) is 6.94. The van der Waals surface area contributed by atoms with Gasteiger partial charge in [0.05, 0.1) is 25.4 Å². The van der Waals surface area contributed by atoms with E-state index in [9.17, 15) is 14.0 Å². The van der Waals surface area contributed by atoms with E-state index in [-0.39, 0.29) is 28.8 Å². The van der Waals surface area contributed by atoms with Gasteiger partial charge >= 0.3 is 0 Å². The fraction of sp³-hybridized carbons (Fsp3) is 0.360. The van der Waals surface area contributed by atoms with Gasteiger partial charge in [0.25, 0.3) is 5.56 Å². The Labute approximate surface area is 196 Å². The van der Waals surface area contributed by atoms with Crippen molar-refractivity contribution in [3.8, 4) is 17.0 Å². The normalized spacial score (nSPS) is 20.7. The summed E-state index contributed by atoms with van der Waals surface area (Å²) in [5.41, 5.74) is 1.23. The number of fused-ring (bicyclic) bond motifs is 1. The molecule has 1 amide bonds. The number of piperidine rings is 1. The fourth-order valence-corrected chi connectivity index (χ4v) is 5.00. The van der Waals surface area contributed by atoms with Crippen LogP contribution in [0.15, 0.2) is 53.6 Å². The number of pyridine rings is 1. The number of carbonyl (C=O) groups excluding carboxylic acids is 1. The molecule has 2 fully saturated rings. The maximum absolute atomic E-state index is 14.2. The van der Waals surface area contributed by atoms with E-state index in [1.54, 1.807) is 14.2 Å². The maximum atomic E-state index is 14.2. The Morgan fingerprint density at radius 3 is 2.56 bits per heavy atom. The summed E-state index contributed by atoms with van der Waals surface area (Å²) in [6.07, 6.45) is 2.95. The molecule has 0 bridgehead atoms. The molecule has 0 radical (unpaired) electrons. The molecule has 2 aromatic heterocycles. The van der Waals surface area contributed by atoms with Gasteiger partial charge in [-0.1, -0.05) is 12.1 Å². The van der Waals surface area contributed by atoms with Gasteiger partial charge < -0.3 is 14.5 Å². The van der Waals surface area contributed by atoms with Gasteiger partial charge in [-0.25, -0.2) is 9.37 Å². The Bertz CT molecular complexity index is 1280. The molecule has 1 saturated heterocycles. The molecule has 1 unspecified atom stereocenters. The van der Waals surface area contributed by atoms with Gasteiger partial charge in [-0.2, -0.15) is 0 Å². The van der Waals surface area contributed by atoms with E-state index in [0.29, 0.717) is 37.3 Å². The lowest BCUT2D eigenvalue weighted by atomic mass is 10.1. The Morgan fingerprint density at radius 1 is 1.21 bits per heavy atom. The van der Waals surface area contributed by atoms with Crippen LogP contribution in [0.4, 0.5) is 10.3 Å². The van der Waals surface area contributed by atoms with Gasteiger partial charge in [-0.3, -0.25) is 19.1 Å². The second kappa shape index (κ2) is 8.55. The molecule has 0 N–H and O–H groups in total. The topological polar surface area (TPSA) is 80.6 Å². The zero-order valence-electron chi connectivity index (χ0n) is 19.3. The molecule has 1 saturated carbocycles. The quantitative estimate of drug-likeness (QED) is 0.557. The zero-order chi connectivity index (χ0) is 24.0. The molecule has 176 valence electrons. The summed E-state index contributed by atoms with van der Waals surface area (Å²) < 4.78 is 20.9. The van der Waals surface area contributed by atoms with E-state index in [4.69, 9.17) is 4.74 Å². The van der Waals surface area contributed by atoms with Crippen molar-refractivity contribution in [2.24, 2.45) is 18.9 Å². The molecule has 1 aliphatic carbocycles. The number of hydrogen-bond donors (Lipinski definition) is 0. The van der Waals surface area contributed by atoms with Gasteiger partial charge in [-0.05, 0) is 23.8 Å². The van der Waals surface area contributed by atoms with Crippen molar-refractivity contribution < 1.29 is 13.9 Å². The van der Waals surface area contributed by atoms with Crippen molar-refractivity contribution >= 4 is 11.9 Å². The van der Waals surface area contributed by atoms with Gasteiger partial charge in [0.15, 0.2) is 5.82 Å². The van der Waals surface area contributed by atoms with Crippen LogP contribution in [-0.4, -0.2) is 58.6 Å². The number of benzene rings is 1. The number of carbonyl (C=O) groups is 1. The predicted molar refractivity (Wildman–Crippen MR) is 125 cm³/mol. The average molecular weight is 464 g/mol. The number of halogens is 1. The van der Waals surface area contributed by atoms with Crippen LogP contribution >= 0.6 is 0 Å². The first-order valence-electron chi connectivity index (χ1n) is 11.2. The third kappa shape index (κ3) is 3.91. The van der Waals surface area contributed by atoms with Crippen LogP contribution in [0.1, 0.15) is 5.56 Å². The molecular formula is C25H26FN5O3. The van der Waals surface area contributed by atoms with E-state index < -0.39 is 5.82 Å². The molecule has 3 aromatic rings. The maximum Gasteiger partial charge on any atom is 0.255 e. The molecule has 1 aromatic carbocycles. The standard InChI is InChI=1S/C25H26FN5O3/c1-29-22(32)11-21(17-8-9-27-12-20(17)26)28-25(29)30(2)24-18-13-31(14-19(18)24)23(33)10-15-4-6-16(34-3)7-5-15/h4-9,11-12,18-19,24H,10,13-14H2,1-3H3/t18-,19+,24?. The van der Waals surface area contributed by atoms with Gasteiger partial charge in [-0.15, -0.1) is 0 Å². The average Bonchev–Trinajstić information content (AvgIpc) is 3.33. The minimum Gasteiger partial charge on any atom is -0.497 e. The summed E-state index contributed by atoms with van der Waals surface area (Å²) >= 11 is 0. The largest absolute Gasteiger partial charge is 0.497 e. The van der Waals surface area contributed by atoms with E-state index in [2.05, 4.69) is 9.97 Å². The monoisotopic (exact) mass is 463 g/mol. The van der Waals surface area contributed by atoms with E-state index in [1.165, 1.54) is 22.9 Å². The van der Waals surface area contributed by atoms with E-state index in [0.717, 1.165) is 17.5 Å². The van der Waals surface area contributed by atoms with E-state index >= 15 is 0 Å². The minimum absolute atomic E-state index is 0.111. The number of likely N-dealkylation sites (tertiary alicyclic amines) is 1. The highest BCUT2D eigenvalue weighted by Crippen LogP contribution is 2.49. The molecule has 34 heavy (non-hydrogen) atoms. The third-order valence-corrected chi connectivity index (χ3v) is 6.94. The molecule has 1 aliphatic heterocycles. The zero-order valence-corrected chi connectivity index (χ0v) is 19.3. The summed E-state index contributed by atoms with van der Waals surface area (Å²) in [5.74, 6) is 1.48. The number of amides is 1. The molecule has 9 heteroatoms. The Morgan fingerprint density at radius 2 is 1.91 bits per heavy atom. The van der Waals surface area contributed by atoms with Crippen molar-refractivity contribution in [2.75, 3.05) is 32.1 Å². The van der Waals surface area contributed by atoms with Crippen molar-refractivity contribution in [3.05, 3.63) is 70.5 Å². The lowest BCUT2D eigenvalue weighted by Crippen LogP contribution is -2.38. The highest BCUT2D eigenvalue weighted by atomic mass is 19.1. The number of aromatic nitrogens is 3. The second-order valence-electron chi connectivity index (χ2n) is 8.95. The van der Waals surface area contributed by atoms with Crippen LogP contribution < -0.4 is 15.2 Å². The number of methoxy groups -OCH3 is 1. The predicted octanol–water partition coefficient (Wildman–Crippen LogP) is 2.13. The number of anilines is 1. The Hall–Kier alpha value is -3.75. The lowest BCUT2D eigenvalue weighted by Gasteiger charge is -2.26. The van der Waals surface area contributed by atoms with Crippen molar-refractivity contribution in [3.63, 3.8) is 0 Å². The fourth-order valence-electron chi connectivity index (χ4n) is 5.00. The first-order valence-corrected chi connectivity index (χ1v) is 11.2. The van der Waals surface area contributed by atoms with Crippen LogP contribution in [0.3, 0.4) is 0 Å². The van der Waals surface area contributed by atoms with Crippen LogP contribution in [0.25, 0.3) is 11.3 Å². The SMILES string of the molecule is COc1ccc(CC(=O)N2C[C@@H]3C(N(C)c4nc(-c5ccncc5F)cc(=O)n4C)[C@@H]3C2)cc1. The molecule has 3 heterocycles. The number of rotatable bonds is 6. The number of nitrogens with zero attached hydrogens (tertiary/aromatic N) is 5.